The summed E-state index contributed by atoms with van der Waals surface area (Å²) in [6.45, 7) is 4.73. The van der Waals surface area contributed by atoms with E-state index in [4.69, 9.17) is 0 Å². The van der Waals surface area contributed by atoms with Crippen LogP contribution in [0.25, 0.3) is 0 Å². The number of benzene rings is 2. The molecule has 2 aromatic carbocycles. The van der Waals surface area contributed by atoms with E-state index < -0.39 is 0 Å². The van der Waals surface area contributed by atoms with Crippen LogP contribution < -0.4 is 5.32 Å². The van der Waals surface area contributed by atoms with Crippen molar-refractivity contribution in [3.05, 3.63) is 70.2 Å². The van der Waals surface area contributed by atoms with Crippen LogP contribution in [0, 0.1) is 11.8 Å². The fourth-order valence-electron chi connectivity index (χ4n) is 4.34. The molecule has 1 saturated carbocycles. The summed E-state index contributed by atoms with van der Waals surface area (Å²) in [6, 6.07) is 17.6. The lowest BCUT2D eigenvalue weighted by Gasteiger charge is -2.40. The molecule has 0 spiro atoms. The molecule has 2 fully saturated rings. The zero-order chi connectivity index (χ0) is 20.5. The highest BCUT2D eigenvalue weighted by atomic mass is 79.9. The monoisotopic (exact) mass is 454 g/mol. The SMILES string of the molecule is CC(C)C[C@H]1C(=O)N[C@@H](c2ccccc2)CN1C(=O)[C@@H]1C[C@H]1c1ccc(Br)cc1. The summed E-state index contributed by atoms with van der Waals surface area (Å²) < 4.78 is 1.04. The molecule has 1 heterocycles. The molecule has 0 bridgehead atoms. The minimum absolute atomic E-state index is 0.0202. The average molecular weight is 455 g/mol. The van der Waals surface area contributed by atoms with Crippen molar-refractivity contribution in [3.63, 3.8) is 0 Å². The first-order valence-electron chi connectivity index (χ1n) is 10.3. The fourth-order valence-corrected chi connectivity index (χ4v) is 4.60. The summed E-state index contributed by atoms with van der Waals surface area (Å²) in [7, 11) is 0. The van der Waals surface area contributed by atoms with Gasteiger partial charge in [-0.1, -0.05) is 72.2 Å². The maximum absolute atomic E-state index is 13.5. The van der Waals surface area contributed by atoms with Crippen LogP contribution in [-0.4, -0.2) is 29.3 Å². The summed E-state index contributed by atoms with van der Waals surface area (Å²) in [6.07, 6.45) is 1.55. The van der Waals surface area contributed by atoms with Crippen molar-refractivity contribution in [2.24, 2.45) is 11.8 Å². The normalized spacial score (nSPS) is 26.3. The quantitative estimate of drug-likeness (QED) is 0.713. The molecule has 152 valence electrons. The predicted octanol–water partition coefficient (Wildman–Crippen LogP) is 4.67. The number of rotatable bonds is 5. The van der Waals surface area contributed by atoms with Crippen molar-refractivity contribution >= 4 is 27.7 Å². The van der Waals surface area contributed by atoms with Crippen LogP contribution in [0.5, 0.6) is 0 Å². The van der Waals surface area contributed by atoms with E-state index in [2.05, 4.69) is 47.2 Å². The molecule has 0 aromatic heterocycles. The van der Waals surface area contributed by atoms with Gasteiger partial charge in [0.25, 0.3) is 0 Å². The minimum atomic E-state index is -0.381. The Kier molecular flexibility index (Phi) is 5.77. The molecule has 5 heteroatoms. The van der Waals surface area contributed by atoms with Crippen molar-refractivity contribution < 1.29 is 9.59 Å². The average Bonchev–Trinajstić information content (AvgIpc) is 3.50. The van der Waals surface area contributed by atoms with E-state index in [9.17, 15) is 9.59 Å². The van der Waals surface area contributed by atoms with Crippen LogP contribution in [0.15, 0.2) is 59.1 Å². The van der Waals surface area contributed by atoms with Crippen LogP contribution in [0.3, 0.4) is 0 Å². The number of carbonyl (C=O) groups excluding carboxylic acids is 2. The van der Waals surface area contributed by atoms with Gasteiger partial charge in [-0.2, -0.15) is 0 Å². The zero-order valence-electron chi connectivity index (χ0n) is 16.8. The molecule has 0 unspecified atom stereocenters. The zero-order valence-corrected chi connectivity index (χ0v) is 18.4. The number of nitrogens with zero attached hydrogens (tertiary/aromatic N) is 1. The van der Waals surface area contributed by atoms with Gasteiger partial charge in [0.2, 0.25) is 11.8 Å². The van der Waals surface area contributed by atoms with Crippen molar-refractivity contribution in [1.29, 1.82) is 0 Å². The van der Waals surface area contributed by atoms with E-state index in [1.807, 2.05) is 47.4 Å². The van der Waals surface area contributed by atoms with E-state index in [0.717, 1.165) is 16.5 Å². The minimum Gasteiger partial charge on any atom is -0.346 e. The topological polar surface area (TPSA) is 49.4 Å². The summed E-state index contributed by atoms with van der Waals surface area (Å²) in [5.41, 5.74) is 2.25. The fraction of sp³-hybridized carbons (Fsp3) is 0.417. The van der Waals surface area contributed by atoms with Gasteiger partial charge in [-0.25, -0.2) is 0 Å². The van der Waals surface area contributed by atoms with Gasteiger partial charge in [-0.3, -0.25) is 9.59 Å². The molecule has 1 N–H and O–H groups in total. The smallest absolute Gasteiger partial charge is 0.243 e. The number of hydrogen-bond donors (Lipinski definition) is 1. The highest BCUT2D eigenvalue weighted by molar-refractivity contribution is 9.10. The Morgan fingerprint density at radius 2 is 1.79 bits per heavy atom. The lowest BCUT2D eigenvalue weighted by Crippen LogP contribution is -2.59. The van der Waals surface area contributed by atoms with E-state index >= 15 is 0 Å². The Balaban J connectivity index is 1.54. The van der Waals surface area contributed by atoms with Gasteiger partial charge in [0, 0.05) is 16.9 Å². The first-order chi connectivity index (χ1) is 13.9. The van der Waals surface area contributed by atoms with Crippen LogP contribution in [0.1, 0.15) is 49.8 Å². The third kappa shape index (κ3) is 4.40. The number of piperazine rings is 1. The van der Waals surface area contributed by atoms with Gasteiger partial charge >= 0.3 is 0 Å². The number of hydrogen-bond acceptors (Lipinski definition) is 2. The molecule has 2 aliphatic rings. The van der Waals surface area contributed by atoms with Gasteiger partial charge in [0.1, 0.15) is 6.04 Å². The second-order valence-corrected chi connectivity index (χ2v) is 9.52. The number of halogens is 1. The summed E-state index contributed by atoms with van der Waals surface area (Å²) in [5, 5.41) is 3.14. The van der Waals surface area contributed by atoms with Crippen LogP contribution in [-0.2, 0) is 9.59 Å². The molecule has 2 aromatic rings. The van der Waals surface area contributed by atoms with E-state index in [0.29, 0.717) is 18.9 Å². The molecule has 4 nitrogen and oxygen atoms in total. The maximum atomic E-state index is 13.5. The standard InChI is InChI=1S/C24H27BrN2O2/c1-15(2)12-22-23(28)26-21(17-6-4-3-5-7-17)14-27(22)24(29)20-13-19(20)16-8-10-18(25)11-9-16/h3-11,15,19-22H,12-14H2,1-2H3,(H,26,28)/t19-,20+,21+,22-/m0/s1. The van der Waals surface area contributed by atoms with Crippen LogP contribution in [0.4, 0.5) is 0 Å². The van der Waals surface area contributed by atoms with Crippen LogP contribution in [0.2, 0.25) is 0 Å². The predicted molar refractivity (Wildman–Crippen MR) is 117 cm³/mol. The number of amides is 2. The van der Waals surface area contributed by atoms with Gasteiger partial charge in [-0.05, 0) is 47.9 Å². The molecule has 1 saturated heterocycles. The molecule has 4 atom stereocenters. The highest BCUT2D eigenvalue weighted by Gasteiger charge is 2.49. The lowest BCUT2D eigenvalue weighted by atomic mass is 9.95. The van der Waals surface area contributed by atoms with Gasteiger partial charge in [0.05, 0.1) is 6.04 Å². The van der Waals surface area contributed by atoms with Crippen molar-refractivity contribution in [3.8, 4) is 0 Å². The third-order valence-electron chi connectivity index (χ3n) is 5.96. The van der Waals surface area contributed by atoms with Crippen molar-refractivity contribution in [2.45, 2.75) is 44.7 Å². The summed E-state index contributed by atoms with van der Waals surface area (Å²) >= 11 is 3.47. The highest BCUT2D eigenvalue weighted by Crippen LogP contribution is 2.49. The Morgan fingerprint density at radius 1 is 1.10 bits per heavy atom. The first-order valence-corrected chi connectivity index (χ1v) is 11.1. The molecule has 29 heavy (non-hydrogen) atoms. The molecule has 1 aliphatic heterocycles. The van der Waals surface area contributed by atoms with E-state index in [-0.39, 0.29) is 35.7 Å². The second kappa shape index (κ2) is 8.31. The van der Waals surface area contributed by atoms with Crippen LogP contribution >= 0.6 is 15.9 Å². The first kappa shape index (κ1) is 20.1. The Hall–Kier alpha value is -2.14. The van der Waals surface area contributed by atoms with Crippen molar-refractivity contribution in [1.82, 2.24) is 10.2 Å². The Morgan fingerprint density at radius 3 is 2.45 bits per heavy atom. The summed E-state index contributed by atoms with van der Waals surface area (Å²) in [4.78, 5) is 28.3. The maximum Gasteiger partial charge on any atom is 0.243 e. The number of nitrogens with one attached hydrogen (secondary N) is 1. The molecular weight excluding hydrogens is 428 g/mol. The number of carbonyl (C=O) groups is 2. The largest absolute Gasteiger partial charge is 0.346 e. The Bertz CT molecular complexity index is 882. The lowest BCUT2D eigenvalue weighted by molar-refractivity contribution is -0.146. The van der Waals surface area contributed by atoms with Gasteiger partial charge in [0.15, 0.2) is 0 Å². The Labute approximate surface area is 180 Å². The molecule has 4 rings (SSSR count). The second-order valence-electron chi connectivity index (χ2n) is 8.61. The van der Waals surface area contributed by atoms with Crippen molar-refractivity contribution in [2.75, 3.05) is 6.54 Å². The third-order valence-corrected chi connectivity index (χ3v) is 6.49. The van der Waals surface area contributed by atoms with E-state index in [1.165, 1.54) is 5.56 Å². The molecule has 0 radical (unpaired) electrons. The summed E-state index contributed by atoms with van der Waals surface area (Å²) in [5.74, 6) is 0.673. The van der Waals surface area contributed by atoms with E-state index in [1.54, 1.807) is 0 Å². The van der Waals surface area contributed by atoms with Gasteiger partial charge < -0.3 is 10.2 Å². The molecular formula is C24H27BrN2O2. The molecule has 1 aliphatic carbocycles. The molecule has 2 amide bonds. The van der Waals surface area contributed by atoms with Gasteiger partial charge in [-0.15, -0.1) is 0 Å².